The first-order valence-corrected chi connectivity index (χ1v) is 4.09. The molecule has 0 atom stereocenters. The third kappa shape index (κ3) is 4.63. The van der Waals surface area contributed by atoms with Crippen molar-refractivity contribution >= 4 is 6.92 Å². The van der Waals surface area contributed by atoms with E-state index in [4.69, 9.17) is 4.65 Å². The van der Waals surface area contributed by atoms with Crippen LogP contribution in [-0.4, -0.2) is 13.5 Å². The van der Waals surface area contributed by atoms with Gasteiger partial charge in [-0.3, -0.25) is 0 Å². The summed E-state index contributed by atoms with van der Waals surface area (Å²) < 4.78 is 5.46. The summed E-state index contributed by atoms with van der Waals surface area (Å²) in [4.78, 5) is 0. The monoisotopic (exact) mass is 140 g/mol. The number of hydrogen-bond acceptors (Lipinski definition) is 1. The van der Waals surface area contributed by atoms with Gasteiger partial charge in [0.25, 0.3) is 0 Å². The summed E-state index contributed by atoms with van der Waals surface area (Å²) in [6.45, 7) is 9.12. The molecule has 0 aromatic heterocycles. The first-order valence-electron chi connectivity index (χ1n) is 4.09. The second-order valence-electron chi connectivity index (χ2n) is 2.43. The molecule has 0 spiro atoms. The van der Waals surface area contributed by atoms with Gasteiger partial charge in [0.2, 0.25) is 0 Å². The standard InChI is InChI=1S/C8H17BO/c1-4-7-9(6-3)10-8-5-2/h6H,3-5,7-8H2,1-2H3. The minimum atomic E-state index is 0.282. The molecular formula is C8H17BO. The van der Waals surface area contributed by atoms with Crippen LogP contribution in [0, 0.1) is 0 Å². The van der Waals surface area contributed by atoms with E-state index in [0.717, 1.165) is 19.3 Å². The Labute approximate surface area is 64.6 Å². The second kappa shape index (κ2) is 6.88. The molecule has 0 aliphatic heterocycles. The van der Waals surface area contributed by atoms with Crippen LogP contribution < -0.4 is 0 Å². The van der Waals surface area contributed by atoms with Gasteiger partial charge in [-0.2, -0.15) is 0 Å². The van der Waals surface area contributed by atoms with Crippen molar-refractivity contribution in [3.8, 4) is 0 Å². The van der Waals surface area contributed by atoms with Crippen molar-refractivity contribution in [2.75, 3.05) is 6.61 Å². The maximum atomic E-state index is 5.46. The van der Waals surface area contributed by atoms with E-state index < -0.39 is 0 Å². The van der Waals surface area contributed by atoms with E-state index in [9.17, 15) is 0 Å². The van der Waals surface area contributed by atoms with Crippen molar-refractivity contribution in [2.45, 2.75) is 33.0 Å². The summed E-state index contributed by atoms with van der Waals surface area (Å²) in [7, 11) is 0. The second-order valence-corrected chi connectivity index (χ2v) is 2.43. The molecule has 0 unspecified atom stereocenters. The van der Waals surface area contributed by atoms with Gasteiger partial charge in [0, 0.05) is 6.61 Å². The summed E-state index contributed by atoms with van der Waals surface area (Å²) in [6.07, 6.45) is 3.36. The molecule has 0 aromatic carbocycles. The van der Waals surface area contributed by atoms with Crippen molar-refractivity contribution in [3.05, 3.63) is 12.6 Å². The fourth-order valence-electron chi connectivity index (χ4n) is 0.823. The molecule has 0 amide bonds. The summed E-state index contributed by atoms with van der Waals surface area (Å²) in [5.74, 6) is 1.89. The Balaban J connectivity index is 3.29. The molecule has 0 aliphatic carbocycles. The zero-order chi connectivity index (χ0) is 7.82. The van der Waals surface area contributed by atoms with Crippen LogP contribution in [0.3, 0.4) is 0 Å². The average Bonchev–Trinajstić information content (AvgIpc) is 1.98. The quantitative estimate of drug-likeness (QED) is 0.515. The lowest BCUT2D eigenvalue weighted by molar-refractivity contribution is 0.324. The lowest BCUT2D eigenvalue weighted by Gasteiger charge is -2.06. The van der Waals surface area contributed by atoms with Gasteiger partial charge in [0.05, 0.1) is 0 Å². The lowest BCUT2D eigenvalue weighted by Crippen LogP contribution is -2.14. The first kappa shape index (κ1) is 9.76. The fraction of sp³-hybridized carbons (Fsp3) is 0.750. The Bertz CT molecular complexity index is 83.3. The van der Waals surface area contributed by atoms with E-state index in [1.165, 1.54) is 6.42 Å². The van der Waals surface area contributed by atoms with E-state index in [-0.39, 0.29) is 6.92 Å². The minimum Gasteiger partial charge on any atom is -0.431 e. The van der Waals surface area contributed by atoms with Crippen LogP contribution in [0.1, 0.15) is 26.7 Å². The molecule has 0 heterocycles. The molecule has 0 radical (unpaired) electrons. The normalized spacial score (nSPS) is 9.40. The highest BCUT2D eigenvalue weighted by molar-refractivity contribution is 6.57. The molecular weight excluding hydrogens is 123 g/mol. The van der Waals surface area contributed by atoms with Crippen LogP contribution in [0.2, 0.25) is 6.32 Å². The summed E-state index contributed by atoms with van der Waals surface area (Å²) in [5.41, 5.74) is 0. The summed E-state index contributed by atoms with van der Waals surface area (Å²) in [5, 5.41) is 0. The predicted molar refractivity (Wildman–Crippen MR) is 47.3 cm³/mol. The van der Waals surface area contributed by atoms with Gasteiger partial charge in [-0.05, 0) is 12.7 Å². The van der Waals surface area contributed by atoms with Crippen molar-refractivity contribution in [3.63, 3.8) is 0 Å². The smallest absolute Gasteiger partial charge is 0.318 e. The Morgan fingerprint density at radius 1 is 1.40 bits per heavy atom. The zero-order valence-corrected chi connectivity index (χ0v) is 7.10. The third-order valence-corrected chi connectivity index (χ3v) is 1.37. The van der Waals surface area contributed by atoms with Gasteiger partial charge in [0.15, 0.2) is 0 Å². The van der Waals surface area contributed by atoms with Crippen LogP contribution in [0.4, 0.5) is 0 Å². The molecule has 0 fully saturated rings. The fourth-order valence-corrected chi connectivity index (χ4v) is 0.823. The first-order chi connectivity index (χ1) is 4.85. The van der Waals surface area contributed by atoms with E-state index in [1.807, 2.05) is 5.98 Å². The average molecular weight is 140 g/mol. The molecule has 0 aliphatic rings. The van der Waals surface area contributed by atoms with E-state index >= 15 is 0 Å². The predicted octanol–water partition coefficient (Wildman–Crippen LogP) is 2.54. The SMILES string of the molecule is C=CB(CCC)OCCC. The van der Waals surface area contributed by atoms with Gasteiger partial charge < -0.3 is 4.65 Å². The molecule has 10 heavy (non-hydrogen) atoms. The minimum absolute atomic E-state index is 0.282. The molecule has 0 saturated carbocycles. The molecule has 0 N–H and O–H groups in total. The molecule has 58 valence electrons. The maximum absolute atomic E-state index is 5.46. The highest BCUT2D eigenvalue weighted by Crippen LogP contribution is 1.99. The molecule has 0 rings (SSSR count). The van der Waals surface area contributed by atoms with Gasteiger partial charge in [-0.1, -0.05) is 26.2 Å². The van der Waals surface area contributed by atoms with Crippen LogP contribution >= 0.6 is 0 Å². The Kier molecular flexibility index (Phi) is 6.72. The van der Waals surface area contributed by atoms with Crippen molar-refractivity contribution < 1.29 is 4.65 Å². The van der Waals surface area contributed by atoms with E-state index in [0.29, 0.717) is 0 Å². The van der Waals surface area contributed by atoms with Crippen molar-refractivity contribution in [2.24, 2.45) is 0 Å². The van der Waals surface area contributed by atoms with Gasteiger partial charge >= 0.3 is 6.92 Å². The maximum Gasteiger partial charge on any atom is 0.318 e. The summed E-state index contributed by atoms with van der Waals surface area (Å²) in [6, 6.07) is 0. The highest BCUT2D eigenvalue weighted by Gasteiger charge is 2.07. The van der Waals surface area contributed by atoms with Crippen molar-refractivity contribution in [1.82, 2.24) is 0 Å². The van der Waals surface area contributed by atoms with E-state index in [1.54, 1.807) is 0 Å². The van der Waals surface area contributed by atoms with Crippen LogP contribution in [-0.2, 0) is 4.65 Å². The molecule has 0 aromatic rings. The van der Waals surface area contributed by atoms with Crippen LogP contribution in [0.15, 0.2) is 12.6 Å². The Hall–Kier alpha value is -0.235. The topological polar surface area (TPSA) is 9.23 Å². The molecule has 1 nitrogen and oxygen atoms in total. The third-order valence-electron chi connectivity index (χ3n) is 1.37. The Morgan fingerprint density at radius 2 is 2.10 bits per heavy atom. The molecule has 0 saturated heterocycles. The highest BCUT2D eigenvalue weighted by atomic mass is 16.4. The molecule has 0 bridgehead atoms. The lowest BCUT2D eigenvalue weighted by atomic mass is 9.64. The Morgan fingerprint density at radius 3 is 2.50 bits per heavy atom. The number of hydrogen-bond donors (Lipinski definition) is 0. The van der Waals surface area contributed by atoms with Gasteiger partial charge in [-0.25, -0.2) is 0 Å². The van der Waals surface area contributed by atoms with Gasteiger partial charge in [0.1, 0.15) is 0 Å². The number of rotatable bonds is 6. The van der Waals surface area contributed by atoms with Crippen LogP contribution in [0.5, 0.6) is 0 Å². The zero-order valence-electron chi connectivity index (χ0n) is 7.10. The van der Waals surface area contributed by atoms with Gasteiger partial charge in [-0.15, -0.1) is 6.58 Å². The summed E-state index contributed by atoms with van der Waals surface area (Å²) >= 11 is 0. The largest absolute Gasteiger partial charge is 0.431 e. The van der Waals surface area contributed by atoms with Crippen LogP contribution in [0.25, 0.3) is 0 Å². The van der Waals surface area contributed by atoms with E-state index in [2.05, 4.69) is 20.4 Å². The molecule has 2 heteroatoms. The van der Waals surface area contributed by atoms with Crippen molar-refractivity contribution in [1.29, 1.82) is 0 Å².